The molecule has 5 nitrogen and oxygen atoms in total. The topological polar surface area (TPSA) is 72.9 Å². The van der Waals surface area contributed by atoms with E-state index >= 15 is 0 Å². The Morgan fingerprint density at radius 2 is 2.42 bits per heavy atom. The summed E-state index contributed by atoms with van der Waals surface area (Å²) in [5.74, 6) is 0.119. The second-order valence-electron chi connectivity index (χ2n) is 4.43. The van der Waals surface area contributed by atoms with Crippen molar-refractivity contribution in [3.05, 3.63) is 34.5 Å². The van der Waals surface area contributed by atoms with Gasteiger partial charge >= 0.3 is 0 Å². The highest BCUT2D eigenvalue weighted by Gasteiger charge is 2.14. The number of carbonyl (C=O) groups is 1. The van der Waals surface area contributed by atoms with Gasteiger partial charge in [0, 0.05) is 36.8 Å². The van der Waals surface area contributed by atoms with E-state index in [4.69, 9.17) is 5.73 Å². The van der Waals surface area contributed by atoms with Crippen LogP contribution in [-0.4, -0.2) is 22.0 Å². The monoisotopic (exact) mass is 278 g/mol. The van der Waals surface area contributed by atoms with Crippen LogP contribution in [0.5, 0.6) is 0 Å². The molecule has 1 amide bonds. The van der Waals surface area contributed by atoms with Gasteiger partial charge in [0.2, 0.25) is 0 Å². The number of carbonyl (C=O) groups excluding carboxylic acids is 1. The molecule has 0 spiro atoms. The number of hydrogen-bond acceptors (Lipinski definition) is 4. The molecule has 2 aromatic rings. The SMILES string of the molecule is CCn1cc(N)cc1C(=O)NCC(C)c1nccs1. The fraction of sp³-hybridized carbons (Fsp3) is 0.385. The van der Waals surface area contributed by atoms with Gasteiger partial charge in [0.1, 0.15) is 5.69 Å². The van der Waals surface area contributed by atoms with Crippen LogP contribution in [0.1, 0.15) is 35.3 Å². The third-order valence-electron chi connectivity index (χ3n) is 2.93. The summed E-state index contributed by atoms with van der Waals surface area (Å²) in [5, 5.41) is 5.90. The first-order valence-corrected chi connectivity index (χ1v) is 7.13. The van der Waals surface area contributed by atoms with Crippen LogP contribution >= 0.6 is 11.3 Å². The number of anilines is 1. The van der Waals surface area contributed by atoms with Crippen LogP contribution in [-0.2, 0) is 6.54 Å². The lowest BCUT2D eigenvalue weighted by atomic mass is 10.2. The van der Waals surface area contributed by atoms with E-state index in [0.717, 1.165) is 11.6 Å². The molecule has 2 heterocycles. The van der Waals surface area contributed by atoms with Gasteiger partial charge in [-0.2, -0.15) is 0 Å². The molecule has 0 radical (unpaired) electrons. The predicted octanol–water partition coefficient (Wildman–Crippen LogP) is 2.08. The number of nitrogens with one attached hydrogen (secondary N) is 1. The molecule has 0 bridgehead atoms. The van der Waals surface area contributed by atoms with E-state index in [9.17, 15) is 4.79 Å². The minimum atomic E-state index is -0.0954. The lowest BCUT2D eigenvalue weighted by Gasteiger charge is -2.11. The molecule has 0 aliphatic carbocycles. The Labute approximate surface area is 116 Å². The molecule has 2 rings (SSSR count). The zero-order valence-corrected chi connectivity index (χ0v) is 11.9. The number of thiazole rings is 1. The zero-order valence-electron chi connectivity index (χ0n) is 11.1. The van der Waals surface area contributed by atoms with Gasteiger partial charge in [-0.15, -0.1) is 11.3 Å². The molecule has 3 N–H and O–H groups in total. The minimum absolute atomic E-state index is 0.0954. The summed E-state index contributed by atoms with van der Waals surface area (Å²) in [6.07, 6.45) is 3.56. The van der Waals surface area contributed by atoms with Crippen LogP contribution < -0.4 is 11.1 Å². The molecule has 0 aliphatic heterocycles. The van der Waals surface area contributed by atoms with Crippen molar-refractivity contribution in [3.8, 4) is 0 Å². The average Bonchev–Trinajstić information content (AvgIpc) is 3.04. The molecule has 0 saturated heterocycles. The quantitative estimate of drug-likeness (QED) is 0.879. The molecule has 0 fully saturated rings. The summed E-state index contributed by atoms with van der Waals surface area (Å²) in [7, 11) is 0. The highest BCUT2D eigenvalue weighted by atomic mass is 32.1. The Bertz CT molecular complexity index is 547. The second-order valence-corrected chi connectivity index (χ2v) is 5.35. The van der Waals surface area contributed by atoms with Crippen LogP contribution in [0.15, 0.2) is 23.8 Å². The number of nitrogens with zero attached hydrogens (tertiary/aromatic N) is 2. The number of aromatic nitrogens is 2. The van der Waals surface area contributed by atoms with Crippen molar-refractivity contribution >= 4 is 22.9 Å². The van der Waals surface area contributed by atoms with Crippen molar-refractivity contribution in [2.75, 3.05) is 12.3 Å². The molecule has 1 unspecified atom stereocenters. The lowest BCUT2D eigenvalue weighted by Crippen LogP contribution is -2.29. The smallest absolute Gasteiger partial charge is 0.268 e. The Morgan fingerprint density at radius 3 is 3.05 bits per heavy atom. The van der Waals surface area contributed by atoms with Crippen LogP contribution in [0, 0.1) is 0 Å². The molecule has 102 valence electrons. The van der Waals surface area contributed by atoms with Gasteiger partial charge < -0.3 is 15.6 Å². The van der Waals surface area contributed by atoms with E-state index in [1.54, 1.807) is 29.8 Å². The van der Waals surface area contributed by atoms with Crippen LogP contribution in [0.2, 0.25) is 0 Å². The van der Waals surface area contributed by atoms with Crippen molar-refractivity contribution in [1.29, 1.82) is 0 Å². The van der Waals surface area contributed by atoms with Crippen molar-refractivity contribution in [2.45, 2.75) is 26.3 Å². The molecule has 0 aromatic carbocycles. The summed E-state index contributed by atoms with van der Waals surface area (Å²) in [6.45, 7) is 5.32. The minimum Gasteiger partial charge on any atom is -0.397 e. The molecule has 0 aliphatic rings. The Kier molecular flexibility index (Phi) is 4.21. The normalized spacial score (nSPS) is 12.3. The highest BCUT2D eigenvalue weighted by Crippen LogP contribution is 2.17. The number of nitrogen functional groups attached to an aromatic ring is 1. The van der Waals surface area contributed by atoms with Gasteiger partial charge in [-0.25, -0.2) is 4.98 Å². The number of rotatable bonds is 5. The molecular formula is C13H18N4OS. The predicted molar refractivity (Wildman–Crippen MR) is 77.4 cm³/mol. The molecular weight excluding hydrogens is 260 g/mol. The molecule has 0 saturated carbocycles. The van der Waals surface area contributed by atoms with Crippen molar-refractivity contribution in [1.82, 2.24) is 14.9 Å². The Hall–Kier alpha value is -1.82. The summed E-state index contributed by atoms with van der Waals surface area (Å²) in [4.78, 5) is 16.4. The van der Waals surface area contributed by atoms with Gasteiger partial charge in [-0.05, 0) is 13.0 Å². The summed E-state index contributed by atoms with van der Waals surface area (Å²) in [6, 6.07) is 1.70. The molecule has 19 heavy (non-hydrogen) atoms. The number of amides is 1. The third kappa shape index (κ3) is 3.14. The number of aryl methyl sites for hydroxylation is 1. The fourth-order valence-corrected chi connectivity index (χ4v) is 2.59. The lowest BCUT2D eigenvalue weighted by molar-refractivity contribution is 0.0942. The maximum Gasteiger partial charge on any atom is 0.268 e. The van der Waals surface area contributed by atoms with Crippen molar-refractivity contribution in [2.24, 2.45) is 0 Å². The largest absolute Gasteiger partial charge is 0.397 e. The van der Waals surface area contributed by atoms with Gasteiger partial charge in [-0.3, -0.25) is 4.79 Å². The first-order valence-electron chi connectivity index (χ1n) is 6.25. The number of nitrogens with two attached hydrogens (primary N) is 1. The van der Waals surface area contributed by atoms with E-state index in [0.29, 0.717) is 17.9 Å². The van der Waals surface area contributed by atoms with Crippen molar-refractivity contribution < 1.29 is 4.79 Å². The maximum absolute atomic E-state index is 12.1. The highest BCUT2D eigenvalue weighted by molar-refractivity contribution is 7.09. The second kappa shape index (κ2) is 5.88. The molecule has 6 heteroatoms. The molecule has 2 aromatic heterocycles. The standard InChI is InChI=1S/C13H18N4OS/c1-3-17-8-10(14)6-11(17)12(18)16-7-9(2)13-15-4-5-19-13/h4-6,8-9H,3,7,14H2,1-2H3,(H,16,18). The van der Waals surface area contributed by atoms with E-state index in [2.05, 4.69) is 10.3 Å². The van der Waals surface area contributed by atoms with E-state index in [1.807, 2.05) is 23.8 Å². The first-order chi connectivity index (χ1) is 9.11. The van der Waals surface area contributed by atoms with Gasteiger partial charge in [0.05, 0.1) is 10.7 Å². The average molecular weight is 278 g/mol. The summed E-state index contributed by atoms with van der Waals surface area (Å²) >= 11 is 1.60. The van der Waals surface area contributed by atoms with Crippen molar-refractivity contribution in [3.63, 3.8) is 0 Å². The number of hydrogen-bond donors (Lipinski definition) is 2. The molecule has 1 atom stereocenters. The fourth-order valence-electron chi connectivity index (χ4n) is 1.89. The zero-order chi connectivity index (χ0) is 13.8. The van der Waals surface area contributed by atoms with E-state index < -0.39 is 0 Å². The summed E-state index contributed by atoms with van der Waals surface area (Å²) in [5.41, 5.74) is 6.93. The Morgan fingerprint density at radius 1 is 1.63 bits per heavy atom. The van der Waals surface area contributed by atoms with Gasteiger partial charge in [0.15, 0.2) is 0 Å². The summed E-state index contributed by atoms with van der Waals surface area (Å²) < 4.78 is 1.85. The van der Waals surface area contributed by atoms with Crippen LogP contribution in [0.3, 0.4) is 0 Å². The third-order valence-corrected chi connectivity index (χ3v) is 3.94. The van der Waals surface area contributed by atoms with E-state index in [-0.39, 0.29) is 11.8 Å². The first kappa shape index (κ1) is 13.6. The maximum atomic E-state index is 12.1. The van der Waals surface area contributed by atoms with Gasteiger partial charge in [0.25, 0.3) is 5.91 Å². The van der Waals surface area contributed by atoms with Crippen LogP contribution in [0.25, 0.3) is 0 Å². The van der Waals surface area contributed by atoms with E-state index in [1.165, 1.54) is 0 Å². The Balaban J connectivity index is 1.97. The van der Waals surface area contributed by atoms with Crippen LogP contribution in [0.4, 0.5) is 5.69 Å². The van der Waals surface area contributed by atoms with Gasteiger partial charge in [-0.1, -0.05) is 6.92 Å².